The van der Waals surface area contributed by atoms with Crippen LogP contribution in [-0.2, 0) is 19.2 Å². The number of rotatable bonds is 7. The Hall–Kier alpha value is -1.69. The first-order chi connectivity index (χ1) is 8.17. The molecule has 0 saturated carbocycles. The fourth-order valence-electron chi connectivity index (χ4n) is 1.06. The maximum absolute atomic E-state index is 11.5. The quantitative estimate of drug-likeness (QED) is 0.322. The van der Waals surface area contributed by atoms with Crippen LogP contribution in [0.2, 0.25) is 0 Å². The average Bonchev–Trinajstić information content (AvgIpc) is 2.35. The summed E-state index contributed by atoms with van der Waals surface area (Å²) in [5, 5.41) is 3.36. The summed E-state index contributed by atoms with van der Waals surface area (Å²) >= 11 is 0. The minimum absolute atomic E-state index is 0.0602. The molecule has 0 bridgehead atoms. The highest BCUT2D eigenvalue weighted by Gasteiger charge is 2.13. The Kier molecular flexibility index (Phi) is 5.35. The van der Waals surface area contributed by atoms with Crippen molar-refractivity contribution in [3.8, 4) is 0 Å². The van der Waals surface area contributed by atoms with Gasteiger partial charge in [-0.2, -0.15) is 8.42 Å². The Morgan fingerprint density at radius 1 is 1.18 bits per heavy atom. The van der Waals surface area contributed by atoms with Gasteiger partial charge in [-0.3, -0.25) is 4.28 Å². The first kappa shape index (κ1) is 13.4. The van der Waals surface area contributed by atoms with Crippen LogP contribution in [0.4, 0.5) is 0 Å². The lowest BCUT2D eigenvalue weighted by Crippen LogP contribution is -2.02. The van der Waals surface area contributed by atoms with Gasteiger partial charge in [-0.05, 0) is 25.0 Å². The van der Waals surface area contributed by atoms with Gasteiger partial charge in [0.05, 0.1) is 0 Å². The molecule has 0 fully saturated rings. The molecule has 0 N–H and O–H groups in total. The molecule has 6 heteroatoms. The molecule has 0 aliphatic carbocycles. The van der Waals surface area contributed by atoms with E-state index < -0.39 is 10.1 Å². The second-order valence-electron chi connectivity index (χ2n) is 3.23. The molecule has 92 valence electrons. The largest absolute Gasteiger partial charge is 0.358 e. The molecule has 0 heterocycles. The highest BCUT2D eigenvalue weighted by Crippen LogP contribution is 2.11. The first-order valence-electron chi connectivity index (χ1n) is 5.11. The Labute approximate surface area is 100 Å². The molecule has 0 aromatic heterocycles. The van der Waals surface area contributed by atoms with E-state index in [1.165, 1.54) is 18.3 Å². The van der Waals surface area contributed by atoms with Gasteiger partial charge in [-0.1, -0.05) is 23.4 Å². The predicted molar refractivity (Wildman–Crippen MR) is 63.1 cm³/mol. The lowest BCUT2D eigenvalue weighted by molar-refractivity contribution is -0.107. The molecule has 0 amide bonds. The van der Waals surface area contributed by atoms with Gasteiger partial charge in [0.2, 0.25) is 0 Å². The normalized spacial score (nSPS) is 11.5. The van der Waals surface area contributed by atoms with E-state index in [9.17, 15) is 13.2 Å². The third-order valence-electron chi connectivity index (χ3n) is 1.90. The molecular formula is C11H13NO4S. The summed E-state index contributed by atoms with van der Waals surface area (Å²) in [6, 6.07) is 7.77. The number of aldehydes is 1. The van der Waals surface area contributed by atoms with Crippen LogP contribution in [0.5, 0.6) is 0 Å². The molecule has 0 unspecified atom stereocenters. The van der Waals surface area contributed by atoms with Gasteiger partial charge in [0.15, 0.2) is 0 Å². The van der Waals surface area contributed by atoms with Crippen LogP contribution in [0, 0.1) is 0 Å². The van der Waals surface area contributed by atoms with E-state index in [0.717, 1.165) is 6.29 Å². The number of unbranched alkanes of at least 4 members (excludes halogenated alkanes) is 2. The SMILES string of the molecule is O=CCCC/C=N/OS(=O)(=O)c1ccccc1. The van der Waals surface area contributed by atoms with Crippen LogP contribution in [-0.4, -0.2) is 20.9 Å². The third-order valence-corrected chi connectivity index (χ3v) is 3.03. The molecule has 1 rings (SSSR count). The van der Waals surface area contributed by atoms with E-state index in [1.54, 1.807) is 18.2 Å². The van der Waals surface area contributed by atoms with Crippen molar-refractivity contribution >= 4 is 22.6 Å². The maximum Gasteiger partial charge on any atom is 0.358 e. The fraction of sp³-hybridized carbons (Fsp3) is 0.273. The molecule has 0 atom stereocenters. The van der Waals surface area contributed by atoms with Gasteiger partial charge in [0.25, 0.3) is 0 Å². The van der Waals surface area contributed by atoms with E-state index in [1.807, 2.05) is 0 Å². The number of nitrogens with zero attached hydrogens (tertiary/aromatic N) is 1. The van der Waals surface area contributed by atoms with Crippen molar-refractivity contribution in [2.75, 3.05) is 0 Å². The van der Waals surface area contributed by atoms with Crippen molar-refractivity contribution in [1.82, 2.24) is 0 Å². The molecule has 0 aliphatic heterocycles. The van der Waals surface area contributed by atoms with Crippen molar-refractivity contribution < 1.29 is 17.5 Å². The van der Waals surface area contributed by atoms with Crippen LogP contribution in [0.25, 0.3) is 0 Å². The highest BCUT2D eigenvalue weighted by atomic mass is 32.2. The molecule has 0 saturated heterocycles. The number of benzene rings is 1. The van der Waals surface area contributed by atoms with Crippen molar-refractivity contribution in [2.45, 2.75) is 24.2 Å². The van der Waals surface area contributed by atoms with E-state index in [-0.39, 0.29) is 4.90 Å². The minimum Gasteiger partial charge on any atom is -0.303 e. The topological polar surface area (TPSA) is 72.8 Å². The molecule has 17 heavy (non-hydrogen) atoms. The van der Waals surface area contributed by atoms with Gasteiger partial charge < -0.3 is 4.79 Å². The number of hydrogen-bond donors (Lipinski definition) is 0. The van der Waals surface area contributed by atoms with E-state index in [2.05, 4.69) is 9.44 Å². The third kappa shape index (κ3) is 4.78. The second-order valence-corrected chi connectivity index (χ2v) is 4.76. The van der Waals surface area contributed by atoms with Crippen molar-refractivity contribution in [1.29, 1.82) is 0 Å². The Bertz CT molecular complexity index is 468. The Morgan fingerprint density at radius 2 is 1.88 bits per heavy atom. The van der Waals surface area contributed by atoms with Crippen LogP contribution in [0.1, 0.15) is 19.3 Å². The van der Waals surface area contributed by atoms with Gasteiger partial charge >= 0.3 is 10.1 Å². The summed E-state index contributed by atoms with van der Waals surface area (Å²) in [6.45, 7) is 0. The number of hydrogen-bond acceptors (Lipinski definition) is 5. The molecule has 1 aromatic rings. The molecule has 0 radical (unpaired) electrons. The Morgan fingerprint density at radius 3 is 2.53 bits per heavy atom. The Balaban J connectivity index is 2.48. The maximum atomic E-state index is 11.5. The van der Waals surface area contributed by atoms with Crippen LogP contribution < -0.4 is 0 Å². The van der Waals surface area contributed by atoms with E-state index >= 15 is 0 Å². The lowest BCUT2D eigenvalue weighted by Gasteiger charge is -1.99. The zero-order valence-electron chi connectivity index (χ0n) is 9.15. The summed E-state index contributed by atoms with van der Waals surface area (Å²) in [6.07, 6.45) is 3.70. The lowest BCUT2D eigenvalue weighted by atomic mass is 10.3. The van der Waals surface area contributed by atoms with Crippen LogP contribution in [0.15, 0.2) is 40.4 Å². The zero-order valence-corrected chi connectivity index (χ0v) is 9.97. The summed E-state index contributed by atoms with van der Waals surface area (Å²) in [5.74, 6) is 0. The first-order valence-corrected chi connectivity index (χ1v) is 6.52. The summed E-state index contributed by atoms with van der Waals surface area (Å²) in [4.78, 5) is 10.1. The van der Waals surface area contributed by atoms with Gasteiger partial charge in [-0.15, -0.1) is 0 Å². The second kappa shape index (κ2) is 6.80. The standard InChI is InChI=1S/C11H13NO4S/c13-10-6-2-5-9-12-16-17(14,15)11-7-3-1-4-8-11/h1,3-4,7-10H,2,5-6H2/b12-9+. The predicted octanol–water partition coefficient (Wildman–Crippen LogP) is 1.75. The van der Waals surface area contributed by atoms with Crippen LogP contribution in [0.3, 0.4) is 0 Å². The zero-order chi connectivity index (χ0) is 12.6. The summed E-state index contributed by atoms with van der Waals surface area (Å²) < 4.78 is 27.5. The number of carbonyl (C=O) groups excluding carboxylic acids is 1. The molecule has 0 spiro atoms. The van der Waals surface area contributed by atoms with Crippen molar-refractivity contribution in [3.63, 3.8) is 0 Å². The van der Waals surface area contributed by atoms with E-state index in [0.29, 0.717) is 19.3 Å². The summed E-state index contributed by atoms with van der Waals surface area (Å²) in [7, 11) is -3.82. The van der Waals surface area contributed by atoms with E-state index in [4.69, 9.17) is 0 Å². The average molecular weight is 255 g/mol. The molecule has 1 aromatic carbocycles. The highest BCUT2D eigenvalue weighted by molar-refractivity contribution is 7.86. The number of carbonyl (C=O) groups is 1. The van der Waals surface area contributed by atoms with Gasteiger partial charge in [0.1, 0.15) is 11.2 Å². The van der Waals surface area contributed by atoms with Crippen molar-refractivity contribution in [2.24, 2.45) is 5.16 Å². The fourth-order valence-corrected chi connectivity index (χ4v) is 1.81. The van der Waals surface area contributed by atoms with Gasteiger partial charge in [0, 0.05) is 12.6 Å². The summed E-state index contributed by atoms with van der Waals surface area (Å²) in [5.41, 5.74) is 0. The molecular weight excluding hydrogens is 242 g/mol. The van der Waals surface area contributed by atoms with Gasteiger partial charge in [-0.25, -0.2) is 0 Å². The number of oxime groups is 1. The minimum atomic E-state index is -3.82. The van der Waals surface area contributed by atoms with Crippen LogP contribution >= 0.6 is 0 Å². The smallest absolute Gasteiger partial charge is 0.303 e. The molecule has 5 nitrogen and oxygen atoms in total. The van der Waals surface area contributed by atoms with Crippen molar-refractivity contribution in [3.05, 3.63) is 30.3 Å². The molecule has 0 aliphatic rings. The monoisotopic (exact) mass is 255 g/mol.